The number of piperidine rings is 1. The highest BCUT2D eigenvalue weighted by Gasteiger charge is 2.28. The Hall–Kier alpha value is -2.38. The van der Waals surface area contributed by atoms with E-state index in [0.29, 0.717) is 24.7 Å². The van der Waals surface area contributed by atoms with Gasteiger partial charge in [-0.3, -0.25) is 5.10 Å². The van der Waals surface area contributed by atoms with Gasteiger partial charge in [0.25, 0.3) is 0 Å². The summed E-state index contributed by atoms with van der Waals surface area (Å²) in [6.07, 6.45) is 7.32. The van der Waals surface area contributed by atoms with Crippen molar-refractivity contribution in [1.29, 1.82) is 0 Å². The molecule has 2 aromatic rings. The Balaban J connectivity index is 1.53. The van der Waals surface area contributed by atoms with Crippen LogP contribution in [-0.2, 0) is 6.42 Å². The van der Waals surface area contributed by atoms with Crippen LogP contribution in [0.2, 0.25) is 0 Å². The number of rotatable bonds is 5. The molecule has 8 heteroatoms. The first kappa shape index (κ1) is 16.5. The monoisotopic (exact) mass is 332 g/mol. The smallest absolute Gasteiger partial charge is 0.317 e. The van der Waals surface area contributed by atoms with E-state index in [-0.39, 0.29) is 18.0 Å². The van der Waals surface area contributed by atoms with Crippen LogP contribution in [0, 0.1) is 0 Å². The molecule has 0 saturated carbocycles. The number of amides is 2. The van der Waals surface area contributed by atoms with Gasteiger partial charge in [0.1, 0.15) is 0 Å². The normalized spacial score (nSPS) is 18.1. The van der Waals surface area contributed by atoms with Crippen LogP contribution in [0.1, 0.15) is 62.3 Å². The highest BCUT2D eigenvalue weighted by Crippen LogP contribution is 2.30. The number of nitrogens with one attached hydrogen (secondary N) is 2. The molecule has 1 aliphatic rings. The highest BCUT2D eigenvalue weighted by atomic mass is 16.5. The van der Waals surface area contributed by atoms with E-state index >= 15 is 0 Å². The van der Waals surface area contributed by atoms with Crippen molar-refractivity contribution in [3.63, 3.8) is 0 Å². The number of likely N-dealkylation sites (tertiary alicyclic amines) is 1. The molecule has 3 rings (SSSR count). The fourth-order valence-electron chi connectivity index (χ4n) is 2.95. The van der Waals surface area contributed by atoms with Gasteiger partial charge in [0.05, 0.1) is 12.2 Å². The number of H-pyrrole nitrogens is 1. The average molecular weight is 332 g/mol. The SMILES string of the molecule is CC(C)c1noc(CCNC(=O)N2CCCCC2c2cn[nH]c2)n1. The minimum atomic E-state index is -0.0514. The Kier molecular flexibility index (Phi) is 5.12. The summed E-state index contributed by atoms with van der Waals surface area (Å²) in [5.41, 5.74) is 1.06. The topological polar surface area (TPSA) is 99.9 Å². The fraction of sp³-hybridized carbons (Fsp3) is 0.625. The standard InChI is InChI=1S/C16H24N6O2/c1-11(2)15-20-14(24-21-15)6-7-17-16(23)22-8-4-3-5-13(22)12-9-18-19-10-12/h9-11,13H,3-8H2,1-2H3,(H,17,23)(H,18,19). The molecule has 2 amide bonds. The second kappa shape index (κ2) is 7.46. The van der Waals surface area contributed by atoms with Crippen molar-refractivity contribution in [3.8, 4) is 0 Å². The van der Waals surface area contributed by atoms with E-state index < -0.39 is 0 Å². The lowest BCUT2D eigenvalue weighted by Gasteiger charge is -2.35. The Morgan fingerprint density at radius 3 is 3.08 bits per heavy atom. The molecule has 0 aliphatic carbocycles. The molecule has 1 saturated heterocycles. The van der Waals surface area contributed by atoms with E-state index in [1.165, 1.54) is 0 Å². The van der Waals surface area contributed by atoms with Gasteiger partial charge in [-0.25, -0.2) is 4.79 Å². The molecule has 1 fully saturated rings. The van der Waals surface area contributed by atoms with E-state index in [0.717, 1.165) is 31.4 Å². The van der Waals surface area contributed by atoms with Crippen molar-refractivity contribution in [2.75, 3.05) is 13.1 Å². The third-order valence-electron chi connectivity index (χ3n) is 4.28. The summed E-state index contributed by atoms with van der Waals surface area (Å²) in [5, 5.41) is 13.7. The third-order valence-corrected chi connectivity index (χ3v) is 4.28. The molecule has 1 aliphatic heterocycles. The quantitative estimate of drug-likeness (QED) is 0.875. The zero-order chi connectivity index (χ0) is 16.9. The van der Waals surface area contributed by atoms with Crippen molar-refractivity contribution in [2.45, 2.75) is 51.5 Å². The van der Waals surface area contributed by atoms with Gasteiger partial charge in [-0.05, 0) is 19.3 Å². The number of nitrogens with zero attached hydrogens (tertiary/aromatic N) is 4. The van der Waals surface area contributed by atoms with E-state index in [4.69, 9.17) is 4.52 Å². The highest BCUT2D eigenvalue weighted by molar-refractivity contribution is 5.74. The van der Waals surface area contributed by atoms with Crippen LogP contribution >= 0.6 is 0 Å². The molecular weight excluding hydrogens is 308 g/mol. The Morgan fingerprint density at radius 2 is 2.38 bits per heavy atom. The molecular formula is C16H24N6O2. The van der Waals surface area contributed by atoms with Crippen molar-refractivity contribution >= 4 is 6.03 Å². The maximum atomic E-state index is 12.5. The van der Waals surface area contributed by atoms with E-state index in [2.05, 4.69) is 25.7 Å². The minimum Gasteiger partial charge on any atom is -0.339 e. The van der Waals surface area contributed by atoms with Crippen LogP contribution in [0.25, 0.3) is 0 Å². The third kappa shape index (κ3) is 3.74. The summed E-state index contributed by atoms with van der Waals surface area (Å²) in [4.78, 5) is 18.7. The van der Waals surface area contributed by atoms with Crippen LogP contribution in [0.4, 0.5) is 4.79 Å². The van der Waals surface area contributed by atoms with Gasteiger partial charge >= 0.3 is 6.03 Å². The van der Waals surface area contributed by atoms with Crippen molar-refractivity contribution in [1.82, 2.24) is 30.6 Å². The van der Waals surface area contributed by atoms with Gasteiger partial charge in [-0.2, -0.15) is 10.1 Å². The average Bonchev–Trinajstić information content (AvgIpc) is 3.26. The molecule has 2 N–H and O–H groups in total. The summed E-state index contributed by atoms with van der Waals surface area (Å²) < 4.78 is 5.19. The molecule has 0 spiro atoms. The summed E-state index contributed by atoms with van der Waals surface area (Å²) in [7, 11) is 0. The van der Waals surface area contributed by atoms with Gasteiger partial charge in [-0.1, -0.05) is 19.0 Å². The summed E-state index contributed by atoms with van der Waals surface area (Å²) >= 11 is 0. The van der Waals surface area contributed by atoms with Crippen LogP contribution in [0.5, 0.6) is 0 Å². The molecule has 2 aromatic heterocycles. The predicted octanol–water partition coefficient (Wildman–Crippen LogP) is 2.40. The van der Waals surface area contributed by atoms with Crippen LogP contribution < -0.4 is 5.32 Å². The van der Waals surface area contributed by atoms with Crippen LogP contribution in [0.15, 0.2) is 16.9 Å². The lowest BCUT2D eigenvalue weighted by molar-refractivity contribution is 0.151. The van der Waals surface area contributed by atoms with Gasteiger partial charge in [0, 0.05) is 37.2 Å². The van der Waals surface area contributed by atoms with Crippen molar-refractivity contribution in [3.05, 3.63) is 29.7 Å². The molecule has 130 valence electrons. The van der Waals surface area contributed by atoms with E-state index in [9.17, 15) is 4.79 Å². The zero-order valence-corrected chi connectivity index (χ0v) is 14.2. The predicted molar refractivity (Wildman–Crippen MR) is 87.4 cm³/mol. The molecule has 1 atom stereocenters. The Labute approximate surface area is 141 Å². The minimum absolute atomic E-state index is 0.0514. The maximum absolute atomic E-state index is 12.5. The molecule has 0 aromatic carbocycles. The lowest BCUT2D eigenvalue weighted by Crippen LogP contribution is -2.45. The number of hydrogen-bond donors (Lipinski definition) is 2. The second-order valence-corrected chi connectivity index (χ2v) is 6.42. The molecule has 8 nitrogen and oxygen atoms in total. The lowest BCUT2D eigenvalue weighted by atomic mass is 9.98. The zero-order valence-electron chi connectivity index (χ0n) is 14.2. The number of aromatic amines is 1. The van der Waals surface area contributed by atoms with E-state index in [1.54, 1.807) is 6.20 Å². The molecule has 1 unspecified atom stereocenters. The number of carbonyl (C=O) groups is 1. The number of hydrogen-bond acceptors (Lipinski definition) is 5. The second-order valence-electron chi connectivity index (χ2n) is 6.42. The molecule has 3 heterocycles. The first-order valence-electron chi connectivity index (χ1n) is 8.50. The van der Waals surface area contributed by atoms with Gasteiger partial charge in [-0.15, -0.1) is 0 Å². The first-order valence-corrected chi connectivity index (χ1v) is 8.50. The van der Waals surface area contributed by atoms with E-state index in [1.807, 2.05) is 24.9 Å². The largest absolute Gasteiger partial charge is 0.339 e. The van der Waals surface area contributed by atoms with Crippen LogP contribution in [0.3, 0.4) is 0 Å². The molecule has 0 radical (unpaired) electrons. The molecule has 0 bridgehead atoms. The van der Waals surface area contributed by atoms with Gasteiger partial charge in [0.2, 0.25) is 5.89 Å². The van der Waals surface area contributed by atoms with Gasteiger partial charge in [0.15, 0.2) is 5.82 Å². The fourth-order valence-corrected chi connectivity index (χ4v) is 2.95. The Bertz CT molecular complexity index is 651. The molecule has 24 heavy (non-hydrogen) atoms. The summed E-state index contributed by atoms with van der Waals surface area (Å²) in [6, 6.07) is 0.0398. The number of urea groups is 1. The summed E-state index contributed by atoms with van der Waals surface area (Å²) in [6.45, 7) is 5.28. The summed E-state index contributed by atoms with van der Waals surface area (Å²) in [5.74, 6) is 1.50. The van der Waals surface area contributed by atoms with Crippen molar-refractivity contribution in [2.24, 2.45) is 0 Å². The van der Waals surface area contributed by atoms with Crippen LogP contribution in [-0.4, -0.2) is 44.4 Å². The Morgan fingerprint density at radius 1 is 1.50 bits per heavy atom. The number of carbonyl (C=O) groups excluding carboxylic acids is 1. The maximum Gasteiger partial charge on any atom is 0.317 e. The first-order chi connectivity index (χ1) is 11.6. The van der Waals surface area contributed by atoms with Gasteiger partial charge < -0.3 is 14.7 Å². The number of aromatic nitrogens is 4. The van der Waals surface area contributed by atoms with Crippen molar-refractivity contribution < 1.29 is 9.32 Å².